The first-order chi connectivity index (χ1) is 6.77. The van der Waals surface area contributed by atoms with Gasteiger partial charge in [-0.2, -0.15) is 4.39 Å². The zero-order valence-electron chi connectivity index (χ0n) is 8.09. The van der Waals surface area contributed by atoms with E-state index in [2.05, 4.69) is 10.3 Å². The van der Waals surface area contributed by atoms with Gasteiger partial charge in [0.25, 0.3) is 0 Å². The summed E-state index contributed by atoms with van der Waals surface area (Å²) in [7, 11) is 0. The van der Waals surface area contributed by atoms with Gasteiger partial charge in [0.15, 0.2) is 0 Å². The molecule has 14 heavy (non-hydrogen) atoms. The van der Waals surface area contributed by atoms with E-state index in [0.29, 0.717) is 12.2 Å². The van der Waals surface area contributed by atoms with Crippen molar-refractivity contribution in [3.63, 3.8) is 0 Å². The van der Waals surface area contributed by atoms with Gasteiger partial charge < -0.3 is 10.1 Å². The number of aryl methyl sites for hydroxylation is 1. The van der Waals surface area contributed by atoms with Crippen LogP contribution in [0.5, 0.6) is 0 Å². The Morgan fingerprint density at radius 3 is 3.14 bits per heavy atom. The predicted molar refractivity (Wildman–Crippen MR) is 50.5 cm³/mol. The van der Waals surface area contributed by atoms with E-state index in [1.54, 1.807) is 13.1 Å². The second-order valence-corrected chi connectivity index (χ2v) is 3.46. The molecule has 0 spiro atoms. The minimum Gasteiger partial charge on any atom is -0.378 e. The van der Waals surface area contributed by atoms with Crippen LogP contribution >= 0.6 is 0 Å². The normalized spacial score (nSPS) is 22.3. The average molecular weight is 196 g/mol. The molecule has 3 nitrogen and oxygen atoms in total. The van der Waals surface area contributed by atoms with Crippen LogP contribution in [-0.4, -0.2) is 24.7 Å². The third-order valence-electron chi connectivity index (χ3n) is 2.36. The molecule has 76 valence electrons. The first kappa shape index (κ1) is 9.55. The molecule has 0 bridgehead atoms. The number of morpholine rings is 1. The molecule has 2 rings (SSSR count). The third kappa shape index (κ3) is 1.91. The van der Waals surface area contributed by atoms with E-state index < -0.39 is 5.95 Å². The summed E-state index contributed by atoms with van der Waals surface area (Å²) in [6.07, 6.45) is 1.56. The number of hydrogen-bond acceptors (Lipinski definition) is 3. The van der Waals surface area contributed by atoms with Crippen LogP contribution in [0.25, 0.3) is 0 Å². The van der Waals surface area contributed by atoms with Crippen molar-refractivity contribution in [2.45, 2.75) is 13.0 Å². The largest absolute Gasteiger partial charge is 0.378 e. The molecule has 0 aliphatic carbocycles. The standard InChI is InChI=1S/C10H13FN2O/c1-7-4-8(5-13-10(7)11)9-6-14-3-2-12-9/h4-5,9,12H,2-3,6H2,1H3. The van der Waals surface area contributed by atoms with Crippen LogP contribution in [0.1, 0.15) is 17.2 Å². The minimum atomic E-state index is -0.398. The van der Waals surface area contributed by atoms with Crippen molar-refractivity contribution in [2.24, 2.45) is 0 Å². The van der Waals surface area contributed by atoms with Crippen LogP contribution in [0, 0.1) is 12.9 Å². The van der Waals surface area contributed by atoms with Gasteiger partial charge >= 0.3 is 0 Å². The SMILES string of the molecule is Cc1cc(C2COCCN2)cnc1F. The van der Waals surface area contributed by atoms with Crippen LogP contribution in [0.15, 0.2) is 12.3 Å². The highest BCUT2D eigenvalue weighted by molar-refractivity contribution is 5.21. The maximum atomic E-state index is 12.9. The van der Waals surface area contributed by atoms with E-state index in [1.165, 1.54) is 0 Å². The number of nitrogens with zero attached hydrogens (tertiary/aromatic N) is 1. The number of nitrogens with one attached hydrogen (secondary N) is 1. The molecule has 1 unspecified atom stereocenters. The summed E-state index contributed by atoms with van der Waals surface area (Å²) in [5.41, 5.74) is 1.57. The number of ether oxygens (including phenoxy) is 1. The highest BCUT2D eigenvalue weighted by atomic mass is 19.1. The van der Waals surface area contributed by atoms with E-state index in [4.69, 9.17) is 4.74 Å². The molecule has 1 fully saturated rings. The zero-order chi connectivity index (χ0) is 9.97. The molecular weight excluding hydrogens is 183 g/mol. The van der Waals surface area contributed by atoms with E-state index >= 15 is 0 Å². The van der Waals surface area contributed by atoms with E-state index in [-0.39, 0.29) is 6.04 Å². The Balaban J connectivity index is 2.18. The second kappa shape index (κ2) is 4.02. The molecule has 1 aliphatic rings. The highest BCUT2D eigenvalue weighted by Crippen LogP contribution is 2.16. The summed E-state index contributed by atoms with van der Waals surface area (Å²) >= 11 is 0. The lowest BCUT2D eigenvalue weighted by molar-refractivity contribution is 0.0767. The maximum Gasteiger partial charge on any atom is 0.215 e. The Hall–Kier alpha value is -1.00. The summed E-state index contributed by atoms with van der Waals surface area (Å²) in [6.45, 7) is 3.92. The Bertz CT molecular complexity index is 324. The van der Waals surface area contributed by atoms with Crippen molar-refractivity contribution < 1.29 is 9.13 Å². The molecule has 1 aliphatic heterocycles. The number of rotatable bonds is 1. The van der Waals surface area contributed by atoms with Crippen molar-refractivity contribution in [1.29, 1.82) is 0 Å². The monoisotopic (exact) mass is 196 g/mol. The van der Waals surface area contributed by atoms with Crippen LogP contribution in [-0.2, 0) is 4.74 Å². The Morgan fingerprint density at radius 2 is 2.50 bits per heavy atom. The predicted octanol–water partition coefficient (Wildman–Crippen LogP) is 1.19. The quantitative estimate of drug-likeness (QED) is 0.685. The Labute approximate surface area is 82.3 Å². The second-order valence-electron chi connectivity index (χ2n) is 3.46. The molecule has 1 aromatic rings. The first-order valence-electron chi connectivity index (χ1n) is 4.70. The molecule has 0 aromatic carbocycles. The summed E-state index contributed by atoms with van der Waals surface area (Å²) in [4.78, 5) is 3.69. The fourth-order valence-corrected chi connectivity index (χ4v) is 1.55. The molecule has 0 radical (unpaired) electrons. The van der Waals surface area contributed by atoms with E-state index in [0.717, 1.165) is 18.7 Å². The highest BCUT2D eigenvalue weighted by Gasteiger charge is 2.16. The van der Waals surface area contributed by atoms with Gasteiger partial charge in [0, 0.05) is 18.3 Å². The fraction of sp³-hybridized carbons (Fsp3) is 0.500. The summed E-state index contributed by atoms with van der Waals surface area (Å²) in [6, 6.07) is 1.96. The number of pyridine rings is 1. The topological polar surface area (TPSA) is 34.1 Å². The smallest absolute Gasteiger partial charge is 0.215 e. The minimum absolute atomic E-state index is 0.149. The van der Waals surface area contributed by atoms with Gasteiger partial charge in [-0.05, 0) is 18.6 Å². The van der Waals surface area contributed by atoms with Crippen LogP contribution in [0.4, 0.5) is 4.39 Å². The van der Waals surface area contributed by atoms with Gasteiger partial charge in [0.1, 0.15) is 0 Å². The van der Waals surface area contributed by atoms with Gasteiger partial charge in [0.05, 0.1) is 19.3 Å². The lowest BCUT2D eigenvalue weighted by Gasteiger charge is -2.24. The van der Waals surface area contributed by atoms with Crippen molar-refractivity contribution in [1.82, 2.24) is 10.3 Å². The molecule has 1 atom stereocenters. The Kier molecular flexibility index (Phi) is 2.74. The van der Waals surface area contributed by atoms with E-state index in [9.17, 15) is 4.39 Å². The van der Waals surface area contributed by atoms with Crippen molar-refractivity contribution in [3.05, 3.63) is 29.3 Å². The summed E-state index contributed by atoms with van der Waals surface area (Å²) in [5.74, 6) is -0.398. The lowest BCUT2D eigenvalue weighted by Crippen LogP contribution is -2.34. The molecule has 2 heterocycles. The van der Waals surface area contributed by atoms with Crippen LogP contribution in [0.3, 0.4) is 0 Å². The van der Waals surface area contributed by atoms with E-state index in [1.807, 2.05) is 6.07 Å². The molecule has 0 amide bonds. The van der Waals surface area contributed by atoms with Gasteiger partial charge in [-0.25, -0.2) is 4.98 Å². The third-order valence-corrected chi connectivity index (χ3v) is 2.36. The number of aromatic nitrogens is 1. The van der Waals surface area contributed by atoms with Crippen LogP contribution < -0.4 is 5.32 Å². The summed E-state index contributed by atoms with van der Waals surface area (Å²) < 4.78 is 18.2. The Morgan fingerprint density at radius 1 is 1.64 bits per heavy atom. The molecule has 1 N–H and O–H groups in total. The lowest BCUT2D eigenvalue weighted by atomic mass is 10.1. The number of hydrogen-bond donors (Lipinski definition) is 1. The molecule has 4 heteroatoms. The molecule has 1 aromatic heterocycles. The van der Waals surface area contributed by atoms with Gasteiger partial charge in [-0.3, -0.25) is 0 Å². The van der Waals surface area contributed by atoms with Gasteiger partial charge in [-0.1, -0.05) is 0 Å². The van der Waals surface area contributed by atoms with Crippen molar-refractivity contribution in [2.75, 3.05) is 19.8 Å². The molecular formula is C10H13FN2O. The summed E-state index contributed by atoms with van der Waals surface area (Å²) in [5, 5.41) is 3.29. The van der Waals surface area contributed by atoms with Crippen LogP contribution in [0.2, 0.25) is 0 Å². The molecule has 1 saturated heterocycles. The maximum absolute atomic E-state index is 12.9. The average Bonchev–Trinajstić information content (AvgIpc) is 2.23. The first-order valence-corrected chi connectivity index (χ1v) is 4.70. The van der Waals surface area contributed by atoms with Crippen molar-refractivity contribution >= 4 is 0 Å². The van der Waals surface area contributed by atoms with Gasteiger partial charge in [0.2, 0.25) is 5.95 Å². The van der Waals surface area contributed by atoms with Crippen molar-refractivity contribution in [3.8, 4) is 0 Å². The zero-order valence-corrected chi connectivity index (χ0v) is 8.09. The van der Waals surface area contributed by atoms with Gasteiger partial charge in [-0.15, -0.1) is 0 Å². The fourth-order valence-electron chi connectivity index (χ4n) is 1.55. The molecule has 0 saturated carbocycles. The number of halogens is 1.